The predicted molar refractivity (Wildman–Crippen MR) is 72.3 cm³/mol. The van der Waals surface area contributed by atoms with Gasteiger partial charge < -0.3 is 4.74 Å². The van der Waals surface area contributed by atoms with Crippen molar-refractivity contribution in [3.8, 4) is 5.75 Å². The number of nitrogens with zero attached hydrogens (tertiary/aromatic N) is 1. The van der Waals surface area contributed by atoms with E-state index in [1.165, 1.54) is 4.31 Å². The molecular formula is C13H21NO3S. The molecule has 0 aliphatic carbocycles. The van der Waals surface area contributed by atoms with Gasteiger partial charge in [0.2, 0.25) is 10.0 Å². The van der Waals surface area contributed by atoms with Crippen molar-refractivity contribution in [1.29, 1.82) is 0 Å². The lowest BCUT2D eigenvalue weighted by Crippen LogP contribution is -2.30. The lowest BCUT2D eigenvalue weighted by Gasteiger charge is -2.18. The van der Waals surface area contributed by atoms with Crippen LogP contribution in [0, 0.1) is 0 Å². The summed E-state index contributed by atoms with van der Waals surface area (Å²) >= 11 is 0. The average molecular weight is 271 g/mol. The monoisotopic (exact) mass is 271 g/mol. The van der Waals surface area contributed by atoms with Crippen molar-refractivity contribution >= 4 is 10.0 Å². The van der Waals surface area contributed by atoms with Gasteiger partial charge in [0.25, 0.3) is 0 Å². The standard InChI is InChI=1S/C13H21NO3S/c1-5-14(6-2)18(15,16)13-9-7-12(8-10-13)17-11(3)4/h7-11H,5-6H2,1-4H3. The molecule has 0 aromatic heterocycles. The largest absolute Gasteiger partial charge is 0.491 e. The van der Waals surface area contributed by atoms with Crippen LogP contribution >= 0.6 is 0 Å². The minimum Gasteiger partial charge on any atom is -0.491 e. The van der Waals surface area contributed by atoms with E-state index < -0.39 is 10.0 Å². The molecule has 0 amide bonds. The van der Waals surface area contributed by atoms with Gasteiger partial charge in [-0.3, -0.25) is 0 Å². The van der Waals surface area contributed by atoms with E-state index in [1.54, 1.807) is 24.3 Å². The molecule has 0 heterocycles. The van der Waals surface area contributed by atoms with E-state index in [-0.39, 0.29) is 6.10 Å². The zero-order valence-electron chi connectivity index (χ0n) is 11.4. The maximum absolute atomic E-state index is 12.2. The number of rotatable bonds is 6. The van der Waals surface area contributed by atoms with Gasteiger partial charge in [0.15, 0.2) is 0 Å². The van der Waals surface area contributed by atoms with Crippen LogP contribution < -0.4 is 4.74 Å². The van der Waals surface area contributed by atoms with Crippen LogP contribution in [0.2, 0.25) is 0 Å². The molecule has 1 aromatic carbocycles. The maximum atomic E-state index is 12.2. The topological polar surface area (TPSA) is 46.6 Å². The third-order valence-electron chi connectivity index (χ3n) is 2.54. The summed E-state index contributed by atoms with van der Waals surface area (Å²) in [6.07, 6.45) is 0.0789. The van der Waals surface area contributed by atoms with Gasteiger partial charge in [-0.2, -0.15) is 4.31 Å². The summed E-state index contributed by atoms with van der Waals surface area (Å²) in [6.45, 7) is 8.47. The molecule has 0 bridgehead atoms. The Hall–Kier alpha value is -1.07. The van der Waals surface area contributed by atoms with Crippen molar-refractivity contribution < 1.29 is 13.2 Å². The Kier molecular flexibility index (Phi) is 5.16. The molecule has 0 aliphatic rings. The predicted octanol–water partition coefficient (Wildman–Crippen LogP) is 2.50. The van der Waals surface area contributed by atoms with Crippen molar-refractivity contribution in [1.82, 2.24) is 4.31 Å². The fraction of sp³-hybridized carbons (Fsp3) is 0.538. The molecule has 1 aromatic rings. The molecule has 18 heavy (non-hydrogen) atoms. The smallest absolute Gasteiger partial charge is 0.243 e. The van der Waals surface area contributed by atoms with Crippen LogP contribution in [0.5, 0.6) is 5.75 Å². The Labute approximate surface area is 110 Å². The lowest BCUT2D eigenvalue weighted by atomic mass is 10.3. The van der Waals surface area contributed by atoms with Crippen LogP contribution in [-0.2, 0) is 10.0 Å². The van der Waals surface area contributed by atoms with Gasteiger partial charge in [0.05, 0.1) is 11.0 Å². The van der Waals surface area contributed by atoms with Gasteiger partial charge >= 0.3 is 0 Å². The Morgan fingerprint density at radius 3 is 2.00 bits per heavy atom. The highest BCUT2D eigenvalue weighted by molar-refractivity contribution is 7.89. The Balaban J connectivity index is 2.97. The lowest BCUT2D eigenvalue weighted by molar-refractivity contribution is 0.242. The highest BCUT2D eigenvalue weighted by Crippen LogP contribution is 2.20. The molecule has 0 saturated heterocycles. The number of benzene rings is 1. The second-order valence-electron chi connectivity index (χ2n) is 4.23. The first kappa shape index (κ1) is 15.0. The van der Waals surface area contributed by atoms with Crippen LogP contribution in [0.3, 0.4) is 0 Å². The molecule has 0 unspecified atom stereocenters. The Morgan fingerprint density at radius 1 is 1.11 bits per heavy atom. The van der Waals surface area contributed by atoms with E-state index in [1.807, 2.05) is 27.7 Å². The molecule has 0 spiro atoms. The van der Waals surface area contributed by atoms with E-state index in [0.717, 1.165) is 0 Å². The van der Waals surface area contributed by atoms with Crippen molar-refractivity contribution in [2.45, 2.75) is 38.7 Å². The zero-order valence-corrected chi connectivity index (χ0v) is 12.2. The highest BCUT2D eigenvalue weighted by atomic mass is 32.2. The molecule has 0 fully saturated rings. The molecule has 0 atom stereocenters. The number of hydrogen-bond acceptors (Lipinski definition) is 3. The molecule has 0 saturated carbocycles. The molecule has 5 heteroatoms. The average Bonchev–Trinajstić information content (AvgIpc) is 2.30. The van der Waals surface area contributed by atoms with Crippen molar-refractivity contribution in [2.24, 2.45) is 0 Å². The quantitative estimate of drug-likeness (QED) is 0.798. The van der Waals surface area contributed by atoms with Gasteiger partial charge in [-0.15, -0.1) is 0 Å². The zero-order chi connectivity index (χ0) is 13.8. The van der Waals surface area contributed by atoms with Crippen molar-refractivity contribution in [3.05, 3.63) is 24.3 Å². The summed E-state index contributed by atoms with van der Waals surface area (Å²) < 4.78 is 31.3. The fourth-order valence-corrected chi connectivity index (χ4v) is 3.13. The Bertz CT molecular complexity index is 462. The van der Waals surface area contributed by atoms with E-state index in [9.17, 15) is 8.42 Å². The second kappa shape index (κ2) is 6.20. The van der Waals surface area contributed by atoms with Crippen LogP contribution in [0.15, 0.2) is 29.2 Å². The van der Waals surface area contributed by atoms with Crippen molar-refractivity contribution in [3.63, 3.8) is 0 Å². The normalized spacial score (nSPS) is 12.1. The van der Waals surface area contributed by atoms with E-state index >= 15 is 0 Å². The van der Waals surface area contributed by atoms with Gasteiger partial charge in [0, 0.05) is 13.1 Å². The summed E-state index contributed by atoms with van der Waals surface area (Å²) in [6, 6.07) is 6.56. The van der Waals surface area contributed by atoms with Crippen LogP contribution in [-0.4, -0.2) is 31.9 Å². The van der Waals surface area contributed by atoms with Crippen LogP contribution in [0.4, 0.5) is 0 Å². The molecule has 4 nitrogen and oxygen atoms in total. The third kappa shape index (κ3) is 3.46. The van der Waals surface area contributed by atoms with E-state index in [2.05, 4.69) is 0 Å². The van der Waals surface area contributed by atoms with Crippen molar-refractivity contribution in [2.75, 3.05) is 13.1 Å². The number of ether oxygens (including phenoxy) is 1. The minimum atomic E-state index is -3.37. The molecule has 0 N–H and O–H groups in total. The third-order valence-corrected chi connectivity index (χ3v) is 4.60. The fourth-order valence-electron chi connectivity index (χ4n) is 1.67. The number of sulfonamides is 1. The SMILES string of the molecule is CCN(CC)S(=O)(=O)c1ccc(OC(C)C)cc1. The van der Waals surface area contributed by atoms with Crippen LogP contribution in [0.1, 0.15) is 27.7 Å². The maximum Gasteiger partial charge on any atom is 0.243 e. The summed E-state index contributed by atoms with van der Waals surface area (Å²) in [5, 5.41) is 0. The van der Waals surface area contributed by atoms with Gasteiger partial charge in [-0.25, -0.2) is 8.42 Å². The minimum absolute atomic E-state index is 0.0789. The van der Waals surface area contributed by atoms with E-state index in [4.69, 9.17) is 4.74 Å². The first-order valence-corrected chi connectivity index (χ1v) is 7.62. The molecule has 102 valence electrons. The molecule has 0 radical (unpaired) electrons. The summed E-state index contributed by atoms with van der Waals surface area (Å²) in [5.74, 6) is 0.684. The van der Waals surface area contributed by atoms with E-state index in [0.29, 0.717) is 23.7 Å². The summed E-state index contributed by atoms with van der Waals surface area (Å²) in [4.78, 5) is 0.308. The van der Waals surface area contributed by atoms with Gasteiger partial charge in [0.1, 0.15) is 5.75 Å². The molecule has 1 rings (SSSR count). The highest BCUT2D eigenvalue weighted by Gasteiger charge is 2.21. The molecule has 0 aliphatic heterocycles. The van der Waals surface area contributed by atoms with Gasteiger partial charge in [-0.1, -0.05) is 13.8 Å². The summed E-state index contributed by atoms with van der Waals surface area (Å²) in [5.41, 5.74) is 0. The first-order valence-electron chi connectivity index (χ1n) is 6.18. The Morgan fingerprint density at radius 2 is 1.61 bits per heavy atom. The molecular weight excluding hydrogens is 250 g/mol. The summed E-state index contributed by atoms with van der Waals surface area (Å²) in [7, 11) is -3.37. The first-order chi connectivity index (χ1) is 8.41. The van der Waals surface area contributed by atoms with Crippen LogP contribution in [0.25, 0.3) is 0 Å². The number of hydrogen-bond donors (Lipinski definition) is 0. The second-order valence-corrected chi connectivity index (χ2v) is 6.17. The van der Waals surface area contributed by atoms with Gasteiger partial charge in [-0.05, 0) is 38.1 Å².